The number of hydrogen-bond donors (Lipinski definition) is 1. The third kappa shape index (κ3) is 3.62. The van der Waals surface area contributed by atoms with Crippen molar-refractivity contribution in [1.29, 1.82) is 0 Å². The third-order valence-corrected chi connectivity index (χ3v) is 3.50. The molecule has 0 radical (unpaired) electrons. The van der Waals surface area contributed by atoms with E-state index in [1.165, 1.54) is 6.07 Å². The van der Waals surface area contributed by atoms with Crippen LogP contribution in [0, 0.1) is 11.6 Å². The van der Waals surface area contributed by atoms with Crippen LogP contribution in [-0.4, -0.2) is 23.0 Å². The van der Waals surface area contributed by atoms with E-state index in [9.17, 15) is 8.78 Å². The number of benzene rings is 1. The molecule has 0 fully saturated rings. The van der Waals surface area contributed by atoms with Crippen LogP contribution in [0.5, 0.6) is 0 Å². The quantitative estimate of drug-likeness (QED) is 0.890. The van der Waals surface area contributed by atoms with Gasteiger partial charge in [-0.2, -0.15) is 0 Å². The number of hydrogen-bond acceptors (Lipinski definition) is 3. The standard InChI is InChI=1S/C16H19F2N3/c1-2-21(11-12-6-3-4-9-20-12)15(10-19)13-7-5-8-14(17)16(13)18/h3-9,15H,2,10-11,19H2,1H3. The first-order valence-electron chi connectivity index (χ1n) is 6.95. The summed E-state index contributed by atoms with van der Waals surface area (Å²) in [7, 11) is 0. The Morgan fingerprint density at radius 3 is 2.62 bits per heavy atom. The van der Waals surface area contributed by atoms with E-state index < -0.39 is 11.6 Å². The van der Waals surface area contributed by atoms with Gasteiger partial charge in [-0.1, -0.05) is 25.1 Å². The van der Waals surface area contributed by atoms with Gasteiger partial charge in [-0.25, -0.2) is 8.78 Å². The van der Waals surface area contributed by atoms with Crippen LogP contribution >= 0.6 is 0 Å². The van der Waals surface area contributed by atoms with E-state index in [1.54, 1.807) is 12.3 Å². The van der Waals surface area contributed by atoms with E-state index in [2.05, 4.69) is 4.98 Å². The lowest BCUT2D eigenvalue weighted by atomic mass is 10.0. The summed E-state index contributed by atoms with van der Waals surface area (Å²) in [6.45, 7) is 3.37. The van der Waals surface area contributed by atoms with Crippen molar-refractivity contribution in [3.8, 4) is 0 Å². The molecule has 3 nitrogen and oxygen atoms in total. The van der Waals surface area contributed by atoms with Crippen molar-refractivity contribution in [3.05, 3.63) is 65.5 Å². The molecule has 2 N–H and O–H groups in total. The van der Waals surface area contributed by atoms with Gasteiger partial charge < -0.3 is 5.73 Å². The predicted octanol–water partition coefficient (Wildman–Crippen LogP) is 2.88. The van der Waals surface area contributed by atoms with Gasteiger partial charge in [-0.3, -0.25) is 9.88 Å². The zero-order valence-electron chi connectivity index (χ0n) is 12.0. The van der Waals surface area contributed by atoms with Crippen LogP contribution in [-0.2, 0) is 6.54 Å². The minimum atomic E-state index is -0.847. The summed E-state index contributed by atoms with van der Waals surface area (Å²) in [5.41, 5.74) is 6.96. The molecule has 21 heavy (non-hydrogen) atoms. The average Bonchev–Trinajstić information content (AvgIpc) is 2.52. The number of nitrogens with two attached hydrogens (primary N) is 1. The number of halogens is 2. The summed E-state index contributed by atoms with van der Waals surface area (Å²) in [4.78, 5) is 6.25. The van der Waals surface area contributed by atoms with Crippen LogP contribution in [0.4, 0.5) is 8.78 Å². The second-order valence-corrected chi connectivity index (χ2v) is 4.78. The van der Waals surface area contributed by atoms with Gasteiger partial charge in [0.2, 0.25) is 0 Å². The van der Waals surface area contributed by atoms with Gasteiger partial charge in [0, 0.05) is 24.8 Å². The Bertz CT molecular complexity index is 575. The van der Waals surface area contributed by atoms with Crippen LogP contribution in [0.2, 0.25) is 0 Å². The van der Waals surface area contributed by atoms with Crippen LogP contribution in [0.3, 0.4) is 0 Å². The zero-order chi connectivity index (χ0) is 15.2. The van der Waals surface area contributed by atoms with E-state index in [-0.39, 0.29) is 18.2 Å². The van der Waals surface area contributed by atoms with Gasteiger partial charge in [0.15, 0.2) is 11.6 Å². The minimum absolute atomic E-state index is 0.209. The van der Waals surface area contributed by atoms with Crippen molar-refractivity contribution < 1.29 is 8.78 Å². The fraction of sp³-hybridized carbons (Fsp3) is 0.312. The lowest BCUT2D eigenvalue weighted by molar-refractivity contribution is 0.196. The molecule has 0 aliphatic heterocycles. The Hall–Kier alpha value is -1.85. The van der Waals surface area contributed by atoms with Crippen molar-refractivity contribution in [1.82, 2.24) is 9.88 Å². The molecular weight excluding hydrogens is 272 g/mol. The lowest BCUT2D eigenvalue weighted by Crippen LogP contribution is -2.34. The Morgan fingerprint density at radius 1 is 1.19 bits per heavy atom. The van der Waals surface area contributed by atoms with Crippen molar-refractivity contribution in [3.63, 3.8) is 0 Å². The zero-order valence-corrected chi connectivity index (χ0v) is 12.0. The largest absolute Gasteiger partial charge is 0.329 e. The van der Waals surface area contributed by atoms with Crippen LogP contribution in [0.1, 0.15) is 24.2 Å². The molecule has 1 heterocycles. The summed E-state index contributed by atoms with van der Waals surface area (Å²) >= 11 is 0. The van der Waals surface area contributed by atoms with Gasteiger partial charge in [-0.15, -0.1) is 0 Å². The fourth-order valence-electron chi connectivity index (χ4n) is 2.39. The number of likely N-dealkylation sites (N-methyl/N-ethyl adjacent to an activating group) is 1. The first kappa shape index (κ1) is 15.5. The molecule has 0 spiro atoms. The topological polar surface area (TPSA) is 42.2 Å². The first-order chi connectivity index (χ1) is 10.2. The molecule has 0 saturated carbocycles. The second kappa shape index (κ2) is 7.24. The smallest absolute Gasteiger partial charge is 0.163 e. The van der Waals surface area contributed by atoms with E-state index in [0.29, 0.717) is 13.1 Å². The van der Waals surface area contributed by atoms with E-state index in [4.69, 9.17) is 5.73 Å². The van der Waals surface area contributed by atoms with Crippen molar-refractivity contribution >= 4 is 0 Å². The summed E-state index contributed by atoms with van der Waals surface area (Å²) < 4.78 is 27.4. The van der Waals surface area contributed by atoms with E-state index in [0.717, 1.165) is 11.8 Å². The maximum Gasteiger partial charge on any atom is 0.163 e. The summed E-state index contributed by atoms with van der Waals surface area (Å²) in [6, 6.07) is 9.46. The molecule has 1 aromatic carbocycles. The van der Waals surface area contributed by atoms with E-state index in [1.807, 2.05) is 30.0 Å². The monoisotopic (exact) mass is 291 g/mol. The van der Waals surface area contributed by atoms with Gasteiger partial charge >= 0.3 is 0 Å². The Balaban J connectivity index is 2.27. The summed E-state index contributed by atoms with van der Waals surface area (Å²) in [6.07, 6.45) is 1.71. The molecule has 5 heteroatoms. The highest BCUT2D eigenvalue weighted by Crippen LogP contribution is 2.25. The van der Waals surface area contributed by atoms with Crippen LogP contribution in [0.25, 0.3) is 0 Å². The molecule has 0 aliphatic carbocycles. The average molecular weight is 291 g/mol. The maximum absolute atomic E-state index is 14.0. The Morgan fingerprint density at radius 2 is 2.00 bits per heavy atom. The highest BCUT2D eigenvalue weighted by molar-refractivity contribution is 5.23. The van der Waals surface area contributed by atoms with Crippen molar-refractivity contribution in [2.24, 2.45) is 5.73 Å². The van der Waals surface area contributed by atoms with Gasteiger partial charge in [0.05, 0.1) is 11.7 Å². The minimum Gasteiger partial charge on any atom is -0.329 e. The molecule has 0 saturated heterocycles. The van der Waals surface area contributed by atoms with Crippen molar-refractivity contribution in [2.75, 3.05) is 13.1 Å². The molecule has 0 aliphatic rings. The molecule has 1 unspecified atom stereocenters. The molecule has 112 valence electrons. The summed E-state index contributed by atoms with van der Waals surface area (Å²) in [5, 5.41) is 0. The molecule has 0 amide bonds. The van der Waals surface area contributed by atoms with Crippen molar-refractivity contribution in [2.45, 2.75) is 19.5 Å². The highest BCUT2D eigenvalue weighted by atomic mass is 19.2. The molecule has 2 rings (SSSR count). The SMILES string of the molecule is CCN(Cc1ccccn1)C(CN)c1cccc(F)c1F. The first-order valence-corrected chi connectivity index (χ1v) is 6.95. The number of pyridine rings is 1. The molecule has 0 bridgehead atoms. The molecule has 1 atom stereocenters. The van der Waals surface area contributed by atoms with Gasteiger partial charge in [-0.05, 0) is 24.7 Å². The van der Waals surface area contributed by atoms with Gasteiger partial charge in [0.1, 0.15) is 0 Å². The molecular formula is C16H19F2N3. The molecule has 2 aromatic rings. The number of rotatable bonds is 6. The van der Waals surface area contributed by atoms with Crippen LogP contribution < -0.4 is 5.73 Å². The number of aromatic nitrogens is 1. The normalized spacial score (nSPS) is 12.6. The maximum atomic E-state index is 14.0. The lowest BCUT2D eigenvalue weighted by Gasteiger charge is -2.30. The Kier molecular flexibility index (Phi) is 5.36. The fourth-order valence-corrected chi connectivity index (χ4v) is 2.39. The predicted molar refractivity (Wildman–Crippen MR) is 78.5 cm³/mol. The summed E-state index contributed by atoms with van der Waals surface area (Å²) in [5.74, 6) is -1.67. The Labute approximate surface area is 123 Å². The van der Waals surface area contributed by atoms with E-state index >= 15 is 0 Å². The third-order valence-electron chi connectivity index (χ3n) is 3.50. The molecule has 1 aromatic heterocycles. The highest BCUT2D eigenvalue weighted by Gasteiger charge is 2.22. The van der Waals surface area contributed by atoms with Crippen LogP contribution in [0.15, 0.2) is 42.6 Å². The second-order valence-electron chi connectivity index (χ2n) is 4.78. The number of nitrogens with zero attached hydrogens (tertiary/aromatic N) is 2. The van der Waals surface area contributed by atoms with Gasteiger partial charge in [0.25, 0.3) is 0 Å².